The van der Waals surface area contributed by atoms with Crippen molar-refractivity contribution in [2.45, 2.75) is 6.42 Å². The van der Waals surface area contributed by atoms with Gasteiger partial charge in [0.25, 0.3) is 0 Å². The first-order valence-electron chi connectivity index (χ1n) is 3.11. The number of aliphatic imine (C=N–C) groups is 1. The van der Waals surface area contributed by atoms with Crippen molar-refractivity contribution in [3.8, 4) is 0 Å². The van der Waals surface area contributed by atoms with Gasteiger partial charge in [-0.1, -0.05) is 0 Å². The SMILES string of the molecule is O=C=NCCOC(=O)CCS. The summed E-state index contributed by atoms with van der Waals surface area (Å²) >= 11 is 3.84. The molecule has 0 rings (SSSR count). The number of hydrogen-bond donors (Lipinski definition) is 1. The first-order chi connectivity index (χ1) is 5.31. The molecule has 0 unspecified atom stereocenters. The Morgan fingerprint density at radius 3 is 2.91 bits per heavy atom. The maximum absolute atomic E-state index is 10.6. The van der Waals surface area contributed by atoms with Crippen LogP contribution < -0.4 is 0 Å². The molecule has 0 fully saturated rings. The smallest absolute Gasteiger partial charge is 0.306 e. The zero-order valence-corrected chi connectivity index (χ0v) is 6.84. The van der Waals surface area contributed by atoms with Crippen LogP contribution in [0.5, 0.6) is 0 Å². The van der Waals surface area contributed by atoms with Crippen molar-refractivity contribution in [1.29, 1.82) is 0 Å². The third-order valence-electron chi connectivity index (χ3n) is 0.847. The molecule has 5 heteroatoms. The van der Waals surface area contributed by atoms with E-state index in [4.69, 9.17) is 0 Å². The molecule has 0 amide bonds. The van der Waals surface area contributed by atoms with Gasteiger partial charge in [0.15, 0.2) is 0 Å². The lowest BCUT2D eigenvalue weighted by molar-refractivity contribution is -0.142. The summed E-state index contributed by atoms with van der Waals surface area (Å²) in [6, 6.07) is 0. The third kappa shape index (κ3) is 7.09. The van der Waals surface area contributed by atoms with Gasteiger partial charge in [0.2, 0.25) is 6.08 Å². The minimum atomic E-state index is -0.318. The number of hydrogen-bond acceptors (Lipinski definition) is 5. The summed E-state index contributed by atoms with van der Waals surface area (Å²) in [5, 5.41) is 0. The van der Waals surface area contributed by atoms with Crippen molar-refractivity contribution in [2.24, 2.45) is 4.99 Å². The Labute approximate surface area is 70.1 Å². The molecule has 0 spiro atoms. The van der Waals surface area contributed by atoms with Gasteiger partial charge in [-0.15, -0.1) is 0 Å². The maximum atomic E-state index is 10.6. The molecule has 0 aromatic carbocycles. The van der Waals surface area contributed by atoms with Crippen LogP contribution in [0.2, 0.25) is 0 Å². The Bertz CT molecular complexity index is 165. The molecular formula is C6H9NO3S. The van der Waals surface area contributed by atoms with Crippen molar-refractivity contribution < 1.29 is 14.3 Å². The maximum Gasteiger partial charge on any atom is 0.306 e. The fourth-order valence-corrected chi connectivity index (χ4v) is 0.597. The summed E-state index contributed by atoms with van der Waals surface area (Å²) in [6.07, 6.45) is 1.63. The Morgan fingerprint density at radius 2 is 2.36 bits per heavy atom. The van der Waals surface area contributed by atoms with Gasteiger partial charge in [-0.25, -0.2) is 9.79 Å². The zero-order chi connectivity index (χ0) is 8.53. The van der Waals surface area contributed by atoms with Crippen LogP contribution in [0.3, 0.4) is 0 Å². The van der Waals surface area contributed by atoms with Crippen LogP contribution in [0.4, 0.5) is 0 Å². The van der Waals surface area contributed by atoms with Crippen LogP contribution in [0, 0.1) is 0 Å². The van der Waals surface area contributed by atoms with E-state index in [9.17, 15) is 9.59 Å². The van der Waals surface area contributed by atoms with E-state index in [0.717, 1.165) is 0 Å². The summed E-state index contributed by atoms with van der Waals surface area (Å²) in [7, 11) is 0. The molecule has 0 radical (unpaired) electrons. The normalized spacial score (nSPS) is 8.45. The molecular weight excluding hydrogens is 166 g/mol. The molecule has 0 aliphatic heterocycles. The lowest BCUT2D eigenvalue weighted by Gasteiger charge is -1.98. The Balaban J connectivity index is 3.23. The van der Waals surface area contributed by atoms with Crippen LogP contribution >= 0.6 is 12.6 Å². The predicted octanol–water partition coefficient (Wildman–Crippen LogP) is 0.185. The topological polar surface area (TPSA) is 55.7 Å². The number of carbonyl (C=O) groups excluding carboxylic acids is 2. The molecule has 11 heavy (non-hydrogen) atoms. The number of carbonyl (C=O) groups is 1. The quantitative estimate of drug-likeness (QED) is 0.213. The summed E-state index contributed by atoms with van der Waals surface area (Å²) < 4.78 is 4.62. The van der Waals surface area contributed by atoms with Gasteiger partial charge in [-0.2, -0.15) is 12.6 Å². The molecule has 0 saturated carbocycles. The molecule has 0 heterocycles. The Hall–Kier alpha value is -0.800. The summed E-state index contributed by atoms with van der Waals surface area (Å²) in [6.45, 7) is 0.323. The van der Waals surface area contributed by atoms with Crippen LogP contribution in [-0.4, -0.2) is 31.0 Å². The number of ether oxygens (including phenoxy) is 1. The fraction of sp³-hybridized carbons (Fsp3) is 0.667. The van der Waals surface area contributed by atoms with E-state index in [1.807, 2.05) is 0 Å². The molecule has 62 valence electrons. The number of thiol groups is 1. The van der Waals surface area contributed by atoms with Gasteiger partial charge in [0.1, 0.15) is 6.61 Å². The highest BCUT2D eigenvalue weighted by molar-refractivity contribution is 7.80. The van der Waals surface area contributed by atoms with Gasteiger partial charge in [0.05, 0.1) is 13.0 Å². The Kier molecular flexibility index (Phi) is 6.78. The van der Waals surface area contributed by atoms with E-state index in [-0.39, 0.29) is 25.5 Å². The zero-order valence-electron chi connectivity index (χ0n) is 5.95. The van der Waals surface area contributed by atoms with E-state index in [0.29, 0.717) is 5.75 Å². The molecule has 0 N–H and O–H groups in total. The lowest BCUT2D eigenvalue weighted by Crippen LogP contribution is -2.07. The van der Waals surface area contributed by atoms with E-state index in [2.05, 4.69) is 22.4 Å². The van der Waals surface area contributed by atoms with Crippen LogP contribution in [0.25, 0.3) is 0 Å². The van der Waals surface area contributed by atoms with Crippen LogP contribution in [-0.2, 0) is 14.3 Å². The first kappa shape index (κ1) is 10.2. The minimum absolute atomic E-state index is 0.141. The number of rotatable bonds is 5. The average Bonchev–Trinajstić information content (AvgIpc) is 1.99. The highest BCUT2D eigenvalue weighted by Crippen LogP contribution is 1.88. The lowest BCUT2D eigenvalue weighted by atomic mass is 10.5. The standard InChI is InChI=1S/C6H9NO3S/c8-5-7-2-3-10-6(9)1-4-11/h11H,1-4H2. The number of nitrogens with zero attached hydrogens (tertiary/aromatic N) is 1. The molecule has 0 aliphatic rings. The van der Waals surface area contributed by atoms with Crippen molar-refractivity contribution >= 4 is 24.7 Å². The highest BCUT2D eigenvalue weighted by atomic mass is 32.1. The van der Waals surface area contributed by atoms with Gasteiger partial charge >= 0.3 is 5.97 Å². The monoisotopic (exact) mass is 175 g/mol. The van der Waals surface area contributed by atoms with Crippen molar-refractivity contribution in [1.82, 2.24) is 0 Å². The summed E-state index contributed by atoms with van der Waals surface area (Å²) in [5.74, 6) is 0.150. The van der Waals surface area contributed by atoms with Gasteiger partial charge < -0.3 is 4.74 Å². The highest BCUT2D eigenvalue weighted by Gasteiger charge is 1.98. The second kappa shape index (κ2) is 7.31. The largest absolute Gasteiger partial charge is 0.464 e. The van der Waals surface area contributed by atoms with Crippen LogP contribution in [0.1, 0.15) is 6.42 Å². The third-order valence-corrected chi connectivity index (χ3v) is 1.07. The summed E-state index contributed by atoms with van der Waals surface area (Å²) in [5.41, 5.74) is 0. The molecule has 0 aromatic rings. The minimum Gasteiger partial charge on any atom is -0.464 e. The molecule has 0 saturated heterocycles. The van der Waals surface area contributed by atoms with Crippen LogP contribution in [0.15, 0.2) is 4.99 Å². The number of isocyanates is 1. The summed E-state index contributed by atoms with van der Waals surface area (Å²) in [4.78, 5) is 23.3. The van der Waals surface area contributed by atoms with E-state index < -0.39 is 0 Å². The first-order valence-corrected chi connectivity index (χ1v) is 3.74. The van der Waals surface area contributed by atoms with Crippen molar-refractivity contribution in [3.05, 3.63) is 0 Å². The van der Waals surface area contributed by atoms with Gasteiger partial charge in [-0.3, -0.25) is 4.79 Å². The van der Waals surface area contributed by atoms with E-state index >= 15 is 0 Å². The Morgan fingerprint density at radius 1 is 1.64 bits per heavy atom. The average molecular weight is 175 g/mol. The molecule has 4 nitrogen and oxygen atoms in total. The molecule has 0 aliphatic carbocycles. The molecule has 0 bridgehead atoms. The fourth-order valence-electron chi connectivity index (χ4n) is 0.414. The van der Waals surface area contributed by atoms with Gasteiger partial charge in [-0.05, 0) is 0 Å². The second-order valence-corrected chi connectivity index (χ2v) is 2.11. The van der Waals surface area contributed by atoms with E-state index in [1.54, 1.807) is 0 Å². The van der Waals surface area contributed by atoms with Gasteiger partial charge in [0, 0.05) is 5.75 Å². The molecule has 0 atom stereocenters. The second-order valence-electron chi connectivity index (χ2n) is 1.67. The van der Waals surface area contributed by atoms with Crippen molar-refractivity contribution in [3.63, 3.8) is 0 Å². The number of esters is 1. The van der Waals surface area contributed by atoms with Crippen molar-refractivity contribution in [2.75, 3.05) is 18.9 Å². The van der Waals surface area contributed by atoms with E-state index in [1.165, 1.54) is 6.08 Å². The predicted molar refractivity (Wildman–Crippen MR) is 42.4 cm³/mol. The molecule has 0 aromatic heterocycles.